The van der Waals surface area contributed by atoms with Crippen molar-refractivity contribution in [1.82, 2.24) is 9.55 Å². The number of aromatic nitrogens is 2. The highest BCUT2D eigenvalue weighted by atomic mass is 19.4. The average Bonchev–Trinajstić information content (AvgIpc) is 3.02. The minimum Gasteiger partial charge on any atom is -0.394 e. The van der Waals surface area contributed by atoms with E-state index in [4.69, 9.17) is 9.47 Å². The summed E-state index contributed by atoms with van der Waals surface area (Å²) in [5, 5.41) is 19.4. The number of nitrogens with zero attached hydrogens (tertiary/aromatic N) is 1. The van der Waals surface area contributed by atoms with Gasteiger partial charge in [0, 0.05) is 18.9 Å². The Hall–Kier alpha value is -2.91. The van der Waals surface area contributed by atoms with Crippen LogP contribution in [0.4, 0.5) is 13.2 Å². The summed E-state index contributed by atoms with van der Waals surface area (Å²) >= 11 is 0. The second kappa shape index (κ2) is 8.45. The standard InChI is InChI=1S/C19H17F3N2O6/c1-29-15-14(26)13(9-25)30-17(15)24-8-11(16(27)23-18(24)28)5-2-10-3-6-12(7-4-10)19(20,21)22/h3-4,6-8,13-15,17,25-26H,9H2,1H3,(H,23,27,28)/t13-,14-,15-,17-/m1/s1. The van der Waals surface area contributed by atoms with E-state index in [0.717, 1.165) is 35.0 Å². The van der Waals surface area contributed by atoms with Crippen molar-refractivity contribution in [3.8, 4) is 11.8 Å². The molecule has 0 amide bonds. The molecule has 1 aliphatic rings. The molecule has 2 heterocycles. The number of rotatable bonds is 3. The Morgan fingerprint density at radius 1 is 1.23 bits per heavy atom. The van der Waals surface area contributed by atoms with Crippen LogP contribution in [0.3, 0.4) is 0 Å². The number of methoxy groups -OCH3 is 1. The van der Waals surface area contributed by atoms with Crippen molar-refractivity contribution in [2.45, 2.75) is 30.7 Å². The summed E-state index contributed by atoms with van der Waals surface area (Å²) in [7, 11) is 1.28. The van der Waals surface area contributed by atoms with Gasteiger partial charge in [-0.2, -0.15) is 13.2 Å². The Kier molecular flexibility index (Phi) is 6.14. The third kappa shape index (κ3) is 4.31. The van der Waals surface area contributed by atoms with E-state index in [1.807, 2.05) is 0 Å². The van der Waals surface area contributed by atoms with Crippen LogP contribution in [0.1, 0.15) is 22.9 Å². The van der Waals surface area contributed by atoms with Crippen molar-refractivity contribution in [2.24, 2.45) is 0 Å². The van der Waals surface area contributed by atoms with Crippen LogP contribution in [-0.4, -0.2) is 51.8 Å². The zero-order valence-corrected chi connectivity index (χ0v) is 15.5. The van der Waals surface area contributed by atoms with Gasteiger partial charge in [0.2, 0.25) is 0 Å². The largest absolute Gasteiger partial charge is 0.416 e. The number of benzene rings is 1. The normalized spacial score (nSPS) is 23.8. The fraction of sp³-hybridized carbons (Fsp3) is 0.368. The van der Waals surface area contributed by atoms with Gasteiger partial charge >= 0.3 is 11.9 Å². The number of hydrogen-bond acceptors (Lipinski definition) is 6. The molecule has 11 heteroatoms. The first-order valence-corrected chi connectivity index (χ1v) is 8.67. The first kappa shape index (κ1) is 21.8. The molecule has 160 valence electrons. The van der Waals surface area contributed by atoms with E-state index in [9.17, 15) is 33.0 Å². The number of nitrogens with one attached hydrogen (secondary N) is 1. The van der Waals surface area contributed by atoms with Gasteiger partial charge in [0.25, 0.3) is 5.56 Å². The van der Waals surface area contributed by atoms with E-state index in [1.165, 1.54) is 7.11 Å². The van der Waals surface area contributed by atoms with Gasteiger partial charge in [-0.1, -0.05) is 11.8 Å². The Bertz CT molecular complexity index is 1080. The molecule has 0 spiro atoms. The summed E-state index contributed by atoms with van der Waals surface area (Å²) in [6, 6.07) is 4.04. The smallest absolute Gasteiger partial charge is 0.394 e. The summed E-state index contributed by atoms with van der Waals surface area (Å²) in [5.41, 5.74) is -2.42. The van der Waals surface area contributed by atoms with Gasteiger partial charge in [-0.05, 0) is 24.3 Å². The quantitative estimate of drug-likeness (QED) is 0.606. The first-order chi connectivity index (χ1) is 14.2. The lowest BCUT2D eigenvalue weighted by atomic mass is 10.1. The molecule has 8 nitrogen and oxygen atoms in total. The summed E-state index contributed by atoms with van der Waals surface area (Å²) in [5.74, 6) is 5.06. The highest BCUT2D eigenvalue weighted by Crippen LogP contribution is 2.30. The third-order valence-corrected chi connectivity index (χ3v) is 4.56. The second-order valence-corrected chi connectivity index (χ2v) is 6.47. The lowest BCUT2D eigenvalue weighted by Gasteiger charge is -2.20. The molecule has 2 aromatic rings. The molecule has 1 saturated heterocycles. The molecule has 0 saturated carbocycles. The molecule has 30 heavy (non-hydrogen) atoms. The van der Waals surface area contributed by atoms with Crippen LogP contribution in [0.2, 0.25) is 0 Å². The SMILES string of the molecule is CO[C@@H]1[C@H](O)[C@@H](CO)O[C@H]1n1cc(C#Cc2ccc(C(F)(F)F)cc2)c(=O)[nH]c1=O. The van der Waals surface area contributed by atoms with Crippen molar-refractivity contribution in [3.05, 3.63) is 68.0 Å². The molecule has 1 aromatic heterocycles. The molecule has 0 bridgehead atoms. The molecular weight excluding hydrogens is 409 g/mol. The van der Waals surface area contributed by atoms with Crippen molar-refractivity contribution in [2.75, 3.05) is 13.7 Å². The van der Waals surface area contributed by atoms with Crippen molar-refractivity contribution in [3.63, 3.8) is 0 Å². The molecule has 0 unspecified atom stereocenters. The summed E-state index contributed by atoms with van der Waals surface area (Å²) in [6.07, 6.45) is -7.73. The van der Waals surface area contributed by atoms with Crippen LogP contribution in [0.5, 0.6) is 0 Å². The van der Waals surface area contributed by atoms with Crippen LogP contribution in [0.15, 0.2) is 40.1 Å². The second-order valence-electron chi connectivity index (χ2n) is 6.47. The highest BCUT2D eigenvalue weighted by Gasteiger charge is 2.45. The number of aliphatic hydroxyl groups is 2. The minimum atomic E-state index is -4.48. The number of hydrogen-bond donors (Lipinski definition) is 3. The van der Waals surface area contributed by atoms with Crippen LogP contribution in [-0.2, 0) is 15.7 Å². The van der Waals surface area contributed by atoms with Gasteiger partial charge in [0.05, 0.1) is 12.2 Å². The zero-order valence-electron chi connectivity index (χ0n) is 15.5. The zero-order chi connectivity index (χ0) is 22.1. The Morgan fingerprint density at radius 3 is 2.47 bits per heavy atom. The lowest BCUT2D eigenvalue weighted by molar-refractivity contribution is -0.137. The highest BCUT2D eigenvalue weighted by molar-refractivity contribution is 5.42. The molecule has 0 radical (unpaired) electrons. The number of aliphatic hydroxyl groups excluding tert-OH is 2. The van der Waals surface area contributed by atoms with Gasteiger partial charge in [-0.3, -0.25) is 14.3 Å². The maximum Gasteiger partial charge on any atom is 0.416 e. The van der Waals surface area contributed by atoms with E-state index >= 15 is 0 Å². The minimum absolute atomic E-state index is 0.158. The van der Waals surface area contributed by atoms with Gasteiger partial charge in [0.1, 0.15) is 23.9 Å². The maximum atomic E-state index is 12.6. The molecular formula is C19H17F3N2O6. The van der Waals surface area contributed by atoms with E-state index in [-0.39, 0.29) is 11.1 Å². The number of alkyl halides is 3. The monoisotopic (exact) mass is 426 g/mol. The number of H-pyrrole nitrogens is 1. The molecule has 0 aliphatic carbocycles. The van der Waals surface area contributed by atoms with Crippen LogP contribution in [0, 0.1) is 11.8 Å². The maximum absolute atomic E-state index is 12.6. The van der Waals surface area contributed by atoms with Crippen molar-refractivity contribution in [1.29, 1.82) is 0 Å². The van der Waals surface area contributed by atoms with E-state index in [1.54, 1.807) is 0 Å². The van der Waals surface area contributed by atoms with E-state index < -0.39 is 54.1 Å². The predicted molar refractivity (Wildman–Crippen MR) is 96.5 cm³/mol. The van der Waals surface area contributed by atoms with Crippen LogP contribution < -0.4 is 11.2 Å². The number of halogens is 3. The Balaban J connectivity index is 1.95. The van der Waals surface area contributed by atoms with Gasteiger partial charge in [-0.15, -0.1) is 0 Å². The molecule has 3 rings (SSSR count). The molecule has 4 atom stereocenters. The predicted octanol–water partition coefficient (Wildman–Crippen LogP) is 0.221. The van der Waals surface area contributed by atoms with Crippen molar-refractivity contribution < 1.29 is 32.9 Å². The Labute approximate surface area is 167 Å². The van der Waals surface area contributed by atoms with Crippen LogP contribution >= 0.6 is 0 Å². The van der Waals surface area contributed by atoms with Crippen LogP contribution in [0.25, 0.3) is 0 Å². The van der Waals surface area contributed by atoms with Gasteiger partial charge < -0.3 is 19.7 Å². The van der Waals surface area contributed by atoms with E-state index in [2.05, 4.69) is 16.8 Å². The summed E-state index contributed by atoms with van der Waals surface area (Å²) in [4.78, 5) is 26.4. The molecule has 1 aromatic carbocycles. The third-order valence-electron chi connectivity index (χ3n) is 4.56. The van der Waals surface area contributed by atoms with E-state index in [0.29, 0.717) is 0 Å². The van der Waals surface area contributed by atoms with Crippen molar-refractivity contribution >= 4 is 0 Å². The van der Waals surface area contributed by atoms with Gasteiger partial charge in [-0.25, -0.2) is 4.79 Å². The average molecular weight is 426 g/mol. The summed E-state index contributed by atoms with van der Waals surface area (Å²) in [6.45, 7) is -0.518. The lowest BCUT2D eigenvalue weighted by Crippen LogP contribution is -2.39. The Morgan fingerprint density at radius 2 is 1.90 bits per heavy atom. The number of aromatic amines is 1. The molecule has 3 N–H and O–H groups in total. The number of ether oxygens (including phenoxy) is 2. The molecule has 1 fully saturated rings. The fourth-order valence-electron chi connectivity index (χ4n) is 2.99. The summed E-state index contributed by atoms with van der Waals surface area (Å²) < 4.78 is 49.4. The fourth-order valence-corrected chi connectivity index (χ4v) is 2.99. The van der Waals surface area contributed by atoms with Gasteiger partial charge in [0.15, 0.2) is 6.23 Å². The molecule has 1 aliphatic heterocycles. The topological polar surface area (TPSA) is 114 Å². The first-order valence-electron chi connectivity index (χ1n) is 8.67.